The van der Waals surface area contributed by atoms with Gasteiger partial charge in [-0.2, -0.15) is 0 Å². The molecule has 1 amide bonds. The fourth-order valence-electron chi connectivity index (χ4n) is 3.45. The molecular weight excluding hydrogens is 310 g/mol. The molecule has 1 aliphatic rings. The molecule has 0 radical (unpaired) electrons. The zero-order chi connectivity index (χ0) is 16.4. The first-order chi connectivity index (χ1) is 11.1. The van der Waals surface area contributed by atoms with Crippen LogP contribution in [0.4, 0.5) is 0 Å². The fourth-order valence-corrected chi connectivity index (χ4v) is 4.16. The number of thiophene rings is 1. The Morgan fingerprint density at radius 1 is 1.52 bits per heavy atom. The Hall–Kier alpha value is -1.66. The quantitative estimate of drug-likeness (QED) is 0.914. The number of rotatable bonds is 5. The number of aliphatic hydroxyl groups excluding tert-OH is 1. The number of aryl methyl sites for hydroxylation is 2. The first kappa shape index (κ1) is 16.2. The van der Waals surface area contributed by atoms with Crippen molar-refractivity contribution in [3.8, 4) is 0 Å². The summed E-state index contributed by atoms with van der Waals surface area (Å²) in [7, 11) is 1.81. The molecular formula is C17H23N3O2S. The monoisotopic (exact) mass is 333 g/mol. The lowest BCUT2D eigenvalue weighted by Gasteiger charge is -2.29. The number of hydrogen-bond donors (Lipinski definition) is 1. The van der Waals surface area contributed by atoms with E-state index in [0.29, 0.717) is 6.42 Å². The van der Waals surface area contributed by atoms with Crippen LogP contribution in [0.5, 0.6) is 0 Å². The molecule has 2 heterocycles. The van der Waals surface area contributed by atoms with Gasteiger partial charge in [-0.05, 0) is 37.6 Å². The summed E-state index contributed by atoms with van der Waals surface area (Å²) in [6.45, 7) is 1.94. The van der Waals surface area contributed by atoms with Gasteiger partial charge in [0.2, 0.25) is 5.91 Å². The topological polar surface area (TPSA) is 58.4 Å². The molecule has 3 atom stereocenters. The standard InChI is InChI=1S/C17H23N3O2S/c1-12-18-9-10-20(12)15-7-6-14(17(15)22)19(2)16(21)8-5-13-4-3-11-23-13/h3-4,9-11,14-15,17,22H,5-8H2,1-2H3/t14-,15-,17-/m1/s1. The largest absolute Gasteiger partial charge is 0.389 e. The predicted octanol–water partition coefficient (Wildman–Crippen LogP) is 2.41. The zero-order valence-electron chi connectivity index (χ0n) is 13.6. The minimum absolute atomic E-state index is 0.00930. The minimum atomic E-state index is -0.543. The summed E-state index contributed by atoms with van der Waals surface area (Å²) in [5, 5.41) is 12.7. The summed E-state index contributed by atoms with van der Waals surface area (Å²) < 4.78 is 2.02. The van der Waals surface area contributed by atoms with Gasteiger partial charge in [0.1, 0.15) is 5.82 Å². The molecule has 0 saturated heterocycles. The third-order valence-corrected chi connectivity index (χ3v) is 5.76. The first-order valence-electron chi connectivity index (χ1n) is 8.03. The summed E-state index contributed by atoms with van der Waals surface area (Å²) in [4.78, 5) is 19.6. The zero-order valence-corrected chi connectivity index (χ0v) is 14.4. The maximum Gasteiger partial charge on any atom is 0.223 e. The Labute approximate surface area is 140 Å². The minimum Gasteiger partial charge on any atom is -0.389 e. The van der Waals surface area contributed by atoms with Crippen LogP contribution in [0.2, 0.25) is 0 Å². The normalized spacial score (nSPS) is 24.0. The average Bonchev–Trinajstić information content (AvgIpc) is 3.26. The van der Waals surface area contributed by atoms with E-state index in [9.17, 15) is 9.90 Å². The van der Waals surface area contributed by atoms with E-state index in [1.54, 1.807) is 22.4 Å². The van der Waals surface area contributed by atoms with Gasteiger partial charge in [0.15, 0.2) is 0 Å². The van der Waals surface area contributed by atoms with Crippen molar-refractivity contribution in [1.82, 2.24) is 14.5 Å². The fraction of sp³-hybridized carbons (Fsp3) is 0.529. The van der Waals surface area contributed by atoms with Gasteiger partial charge >= 0.3 is 0 Å². The molecule has 0 aliphatic heterocycles. The number of aromatic nitrogens is 2. The number of nitrogens with zero attached hydrogens (tertiary/aromatic N) is 3. The van der Waals surface area contributed by atoms with Crippen LogP contribution in [0, 0.1) is 6.92 Å². The Morgan fingerprint density at radius 3 is 3.00 bits per heavy atom. The van der Waals surface area contributed by atoms with E-state index >= 15 is 0 Å². The summed E-state index contributed by atoms with van der Waals surface area (Å²) >= 11 is 1.68. The van der Waals surface area contributed by atoms with Crippen molar-refractivity contribution in [1.29, 1.82) is 0 Å². The van der Waals surface area contributed by atoms with Gasteiger partial charge in [-0.3, -0.25) is 4.79 Å². The van der Waals surface area contributed by atoms with E-state index in [1.165, 1.54) is 4.88 Å². The third-order valence-electron chi connectivity index (χ3n) is 4.82. The number of hydrogen-bond acceptors (Lipinski definition) is 4. The SMILES string of the molecule is Cc1nccn1[C@@H]1CC[C@@H](N(C)C(=O)CCc2cccs2)[C@H]1O. The predicted molar refractivity (Wildman–Crippen MR) is 90.4 cm³/mol. The Balaban J connectivity index is 1.60. The van der Waals surface area contributed by atoms with Crippen LogP contribution < -0.4 is 0 Å². The number of carbonyl (C=O) groups excluding carboxylic acids is 1. The van der Waals surface area contributed by atoms with Crippen molar-refractivity contribution < 1.29 is 9.90 Å². The van der Waals surface area contributed by atoms with Crippen LogP contribution in [-0.4, -0.2) is 44.7 Å². The number of carbonyl (C=O) groups is 1. The van der Waals surface area contributed by atoms with Crippen molar-refractivity contribution in [3.05, 3.63) is 40.6 Å². The van der Waals surface area contributed by atoms with Crippen molar-refractivity contribution >= 4 is 17.2 Å². The Kier molecular flexibility index (Phi) is 4.82. The second kappa shape index (κ2) is 6.84. The third kappa shape index (κ3) is 3.33. The summed E-state index contributed by atoms with van der Waals surface area (Å²) in [6.07, 6.45) is 6.08. The van der Waals surface area contributed by atoms with Gasteiger partial charge in [-0.1, -0.05) is 6.07 Å². The second-order valence-electron chi connectivity index (χ2n) is 6.17. The lowest BCUT2D eigenvalue weighted by Crippen LogP contribution is -2.43. The molecule has 1 fully saturated rings. The number of amides is 1. The van der Waals surface area contributed by atoms with Crippen LogP contribution in [0.3, 0.4) is 0 Å². The van der Waals surface area contributed by atoms with Gasteiger partial charge in [-0.15, -0.1) is 11.3 Å². The summed E-state index contributed by atoms with van der Waals surface area (Å²) in [6, 6.07) is 3.96. The maximum atomic E-state index is 12.4. The molecule has 1 N–H and O–H groups in total. The molecule has 0 aromatic carbocycles. The second-order valence-corrected chi connectivity index (χ2v) is 7.20. The smallest absolute Gasteiger partial charge is 0.223 e. The molecule has 6 heteroatoms. The highest BCUT2D eigenvalue weighted by Crippen LogP contribution is 2.34. The van der Waals surface area contributed by atoms with Crippen molar-refractivity contribution in [2.45, 2.75) is 50.8 Å². The molecule has 0 unspecified atom stereocenters. The van der Waals surface area contributed by atoms with E-state index in [-0.39, 0.29) is 18.0 Å². The molecule has 2 aromatic heterocycles. The lowest BCUT2D eigenvalue weighted by molar-refractivity contribution is -0.133. The molecule has 1 saturated carbocycles. The van der Waals surface area contributed by atoms with Gasteiger partial charge in [-0.25, -0.2) is 4.98 Å². The van der Waals surface area contributed by atoms with Gasteiger partial charge in [0.05, 0.1) is 18.2 Å². The molecule has 2 aromatic rings. The van der Waals surface area contributed by atoms with Crippen LogP contribution >= 0.6 is 11.3 Å². The molecule has 1 aliphatic carbocycles. The highest BCUT2D eigenvalue weighted by atomic mass is 32.1. The molecule has 0 bridgehead atoms. The van der Waals surface area contributed by atoms with E-state index in [2.05, 4.69) is 11.1 Å². The maximum absolute atomic E-state index is 12.4. The van der Waals surface area contributed by atoms with Crippen LogP contribution in [0.25, 0.3) is 0 Å². The Morgan fingerprint density at radius 2 is 2.35 bits per heavy atom. The molecule has 0 spiro atoms. The van der Waals surface area contributed by atoms with E-state index in [4.69, 9.17) is 0 Å². The number of aliphatic hydroxyl groups is 1. The first-order valence-corrected chi connectivity index (χ1v) is 8.91. The van der Waals surface area contributed by atoms with Crippen molar-refractivity contribution in [2.75, 3.05) is 7.05 Å². The van der Waals surface area contributed by atoms with E-state index < -0.39 is 6.10 Å². The average molecular weight is 333 g/mol. The lowest BCUT2D eigenvalue weighted by atomic mass is 10.1. The highest BCUT2D eigenvalue weighted by Gasteiger charge is 2.39. The van der Waals surface area contributed by atoms with Gasteiger partial charge < -0.3 is 14.6 Å². The van der Waals surface area contributed by atoms with E-state index in [0.717, 1.165) is 25.1 Å². The Bertz CT molecular complexity index is 653. The molecule has 23 heavy (non-hydrogen) atoms. The summed E-state index contributed by atoms with van der Waals surface area (Å²) in [5.74, 6) is 1.01. The highest BCUT2D eigenvalue weighted by molar-refractivity contribution is 7.09. The van der Waals surface area contributed by atoms with Crippen LogP contribution in [-0.2, 0) is 11.2 Å². The molecule has 124 valence electrons. The molecule has 5 nitrogen and oxygen atoms in total. The van der Waals surface area contributed by atoms with Crippen LogP contribution in [0.15, 0.2) is 29.9 Å². The van der Waals surface area contributed by atoms with Crippen LogP contribution in [0.1, 0.15) is 36.0 Å². The van der Waals surface area contributed by atoms with E-state index in [1.807, 2.05) is 36.2 Å². The van der Waals surface area contributed by atoms with Crippen molar-refractivity contribution in [2.24, 2.45) is 0 Å². The van der Waals surface area contributed by atoms with Crippen molar-refractivity contribution in [3.63, 3.8) is 0 Å². The molecule has 3 rings (SSSR count). The summed E-state index contributed by atoms with van der Waals surface area (Å²) in [5.41, 5.74) is 0. The van der Waals surface area contributed by atoms with Gasteiger partial charge in [0.25, 0.3) is 0 Å². The van der Waals surface area contributed by atoms with Gasteiger partial charge in [0, 0.05) is 30.7 Å². The number of likely N-dealkylation sites (N-methyl/N-ethyl adjacent to an activating group) is 1. The number of imidazole rings is 1.